The highest BCUT2D eigenvalue weighted by atomic mass is 16.6. The van der Waals surface area contributed by atoms with Gasteiger partial charge in [0.05, 0.1) is 0 Å². The maximum absolute atomic E-state index is 12.9. The summed E-state index contributed by atoms with van der Waals surface area (Å²) in [6.45, 7) is 6.58. The first-order valence-corrected chi connectivity index (χ1v) is 31.9. The highest BCUT2D eigenvalue weighted by Crippen LogP contribution is 2.16. The number of rotatable bonds is 58. The Balaban J connectivity index is 4.32. The van der Waals surface area contributed by atoms with Gasteiger partial charge in [-0.3, -0.25) is 14.4 Å². The third kappa shape index (κ3) is 59.7. The average molecular weight is 1030 g/mol. The summed E-state index contributed by atoms with van der Waals surface area (Å²) in [6.07, 6.45) is 80.5. The van der Waals surface area contributed by atoms with Crippen LogP contribution in [-0.4, -0.2) is 37.2 Å². The van der Waals surface area contributed by atoms with Gasteiger partial charge in [-0.1, -0.05) is 267 Å². The molecule has 0 aromatic carbocycles. The molecule has 0 amide bonds. The number of hydrogen-bond acceptors (Lipinski definition) is 6. The third-order valence-corrected chi connectivity index (χ3v) is 13.9. The van der Waals surface area contributed by atoms with E-state index >= 15 is 0 Å². The molecule has 1 atom stereocenters. The van der Waals surface area contributed by atoms with Gasteiger partial charge in [-0.2, -0.15) is 0 Å². The second-order valence-electron chi connectivity index (χ2n) is 21.3. The molecule has 0 aliphatic heterocycles. The molecular weight excluding hydrogens is 913 g/mol. The van der Waals surface area contributed by atoms with Crippen molar-refractivity contribution >= 4 is 17.9 Å². The minimum absolute atomic E-state index is 0.0826. The van der Waals surface area contributed by atoms with Crippen molar-refractivity contribution in [3.8, 4) is 0 Å². The summed E-state index contributed by atoms with van der Waals surface area (Å²) in [5, 5.41) is 0. The van der Waals surface area contributed by atoms with E-state index in [1.165, 1.54) is 186 Å². The first-order valence-electron chi connectivity index (χ1n) is 31.9. The molecule has 0 saturated heterocycles. The van der Waals surface area contributed by atoms with Crippen LogP contribution in [0.3, 0.4) is 0 Å². The van der Waals surface area contributed by atoms with Crippen molar-refractivity contribution < 1.29 is 28.6 Å². The van der Waals surface area contributed by atoms with Crippen LogP contribution < -0.4 is 0 Å². The Morgan fingerprint density at radius 3 is 0.824 bits per heavy atom. The second-order valence-corrected chi connectivity index (χ2v) is 21.3. The maximum atomic E-state index is 12.9. The lowest BCUT2D eigenvalue weighted by molar-refractivity contribution is -0.167. The molecule has 0 saturated carbocycles. The zero-order valence-electron chi connectivity index (χ0n) is 49.1. The number of ether oxygens (including phenoxy) is 3. The van der Waals surface area contributed by atoms with Gasteiger partial charge in [0.2, 0.25) is 0 Å². The van der Waals surface area contributed by atoms with E-state index in [0.717, 1.165) is 96.3 Å². The van der Waals surface area contributed by atoms with Crippen LogP contribution in [-0.2, 0) is 28.6 Å². The molecule has 0 aromatic rings. The monoisotopic (exact) mass is 1030 g/mol. The standard InChI is InChI=1S/C68H120O6/c1-4-7-10-13-16-19-22-25-27-29-31-32-33-34-35-36-37-39-40-43-46-49-52-55-58-61-67(70)73-64-65(63-72-66(69)60-57-54-51-48-45-42-24-21-18-15-12-9-6-3)74-68(71)62-59-56-53-50-47-44-41-38-30-28-26-23-20-17-14-11-8-5-2/h12,15,21-22,24-25,28-31,33-34,65H,4-11,13-14,16-20,23,26-27,32,35-64H2,1-3H3/b15-12-,24-21-,25-22-,30-28-,31-29-,34-33-. The van der Waals surface area contributed by atoms with Crippen LogP contribution in [0, 0.1) is 0 Å². The van der Waals surface area contributed by atoms with Gasteiger partial charge in [-0.25, -0.2) is 0 Å². The number of hydrogen-bond donors (Lipinski definition) is 0. The van der Waals surface area contributed by atoms with E-state index in [-0.39, 0.29) is 31.1 Å². The van der Waals surface area contributed by atoms with E-state index in [0.29, 0.717) is 19.3 Å². The quantitative estimate of drug-likeness (QED) is 0.0261. The highest BCUT2D eigenvalue weighted by molar-refractivity contribution is 5.71. The predicted octanol–water partition coefficient (Wildman–Crippen LogP) is 21.7. The van der Waals surface area contributed by atoms with Crippen LogP contribution in [0.25, 0.3) is 0 Å². The normalized spacial score (nSPS) is 12.5. The van der Waals surface area contributed by atoms with Crippen molar-refractivity contribution in [3.63, 3.8) is 0 Å². The first kappa shape index (κ1) is 70.8. The highest BCUT2D eigenvalue weighted by Gasteiger charge is 2.19. The van der Waals surface area contributed by atoms with E-state index < -0.39 is 6.10 Å². The maximum Gasteiger partial charge on any atom is 0.306 e. The van der Waals surface area contributed by atoms with Gasteiger partial charge in [0, 0.05) is 19.3 Å². The largest absolute Gasteiger partial charge is 0.462 e. The molecule has 428 valence electrons. The molecule has 0 N–H and O–H groups in total. The molecule has 0 aliphatic rings. The van der Waals surface area contributed by atoms with Crippen molar-refractivity contribution in [2.45, 2.75) is 329 Å². The van der Waals surface area contributed by atoms with Gasteiger partial charge in [0.1, 0.15) is 13.2 Å². The lowest BCUT2D eigenvalue weighted by Gasteiger charge is -2.18. The van der Waals surface area contributed by atoms with Crippen molar-refractivity contribution in [2.75, 3.05) is 13.2 Å². The summed E-state index contributed by atoms with van der Waals surface area (Å²) >= 11 is 0. The van der Waals surface area contributed by atoms with Crippen LogP contribution >= 0.6 is 0 Å². The molecule has 0 heterocycles. The van der Waals surface area contributed by atoms with E-state index in [4.69, 9.17) is 14.2 Å². The summed E-state index contributed by atoms with van der Waals surface area (Å²) in [5.74, 6) is -0.893. The van der Waals surface area contributed by atoms with Crippen LogP contribution in [0.4, 0.5) is 0 Å². The Kier molecular flexibility index (Phi) is 59.7. The third-order valence-electron chi connectivity index (χ3n) is 13.9. The van der Waals surface area contributed by atoms with E-state index in [1.54, 1.807) is 0 Å². The lowest BCUT2D eigenvalue weighted by Crippen LogP contribution is -2.30. The molecular formula is C68H120O6. The van der Waals surface area contributed by atoms with Gasteiger partial charge in [0.25, 0.3) is 0 Å². The van der Waals surface area contributed by atoms with Gasteiger partial charge in [0.15, 0.2) is 6.10 Å². The Bertz CT molecular complexity index is 1370. The molecule has 1 unspecified atom stereocenters. The number of carbonyl (C=O) groups excluding carboxylic acids is 3. The SMILES string of the molecule is CCC/C=C\C/C=C\CCCCCCCC(=O)OCC(COC(=O)CCCCCCCCCCCC/C=C\C/C=C\C/C=C\CCCCCCC)OC(=O)CCCCCCCCC/C=C\CCCCCCCCC. The summed E-state index contributed by atoms with van der Waals surface area (Å²) in [4.78, 5) is 38.3. The van der Waals surface area contributed by atoms with Crippen LogP contribution in [0.1, 0.15) is 323 Å². The topological polar surface area (TPSA) is 78.9 Å². The van der Waals surface area contributed by atoms with E-state index in [1.807, 2.05) is 0 Å². The fraction of sp³-hybridized carbons (Fsp3) is 0.779. The van der Waals surface area contributed by atoms with Crippen LogP contribution in [0.2, 0.25) is 0 Å². The Labute approximate surface area is 459 Å². The van der Waals surface area contributed by atoms with Crippen molar-refractivity contribution in [2.24, 2.45) is 0 Å². The molecule has 6 nitrogen and oxygen atoms in total. The lowest BCUT2D eigenvalue weighted by atomic mass is 10.1. The van der Waals surface area contributed by atoms with E-state index in [9.17, 15) is 14.4 Å². The number of esters is 3. The zero-order chi connectivity index (χ0) is 53.6. The van der Waals surface area contributed by atoms with Gasteiger partial charge in [-0.05, 0) is 109 Å². The molecule has 0 spiro atoms. The van der Waals surface area contributed by atoms with Gasteiger partial charge in [-0.15, -0.1) is 0 Å². The molecule has 0 aromatic heterocycles. The molecule has 0 aliphatic carbocycles. The molecule has 0 fully saturated rings. The summed E-state index contributed by atoms with van der Waals surface area (Å²) < 4.78 is 16.9. The molecule has 0 radical (unpaired) electrons. The average Bonchev–Trinajstić information content (AvgIpc) is 3.40. The minimum atomic E-state index is -0.786. The van der Waals surface area contributed by atoms with E-state index in [2.05, 4.69) is 93.7 Å². The second kappa shape index (κ2) is 62.4. The van der Waals surface area contributed by atoms with Gasteiger partial charge >= 0.3 is 17.9 Å². The Morgan fingerprint density at radius 2 is 0.514 bits per heavy atom. The smallest absolute Gasteiger partial charge is 0.306 e. The minimum Gasteiger partial charge on any atom is -0.462 e. The molecule has 0 bridgehead atoms. The van der Waals surface area contributed by atoms with Crippen LogP contribution in [0.5, 0.6) is 0 Å². The van der Waals surface area contributed by atoms with Crippen molar-refractivity contribution in [1.29, 1.82) is 0 Å². The fourth-order valence-corrected chi connectivity index (χ4v) is 9.07. The number of allylic oxidation sites excluding steroid dienone is 12. The fourth-order valence-electron chi connectivity index (χ4n) is 9.07. The molecule has 6 heteroatoms. The van der Waals surface area contributed by atoms with Crippen molar-refractivity contribution in [1.82, 2.24) is 0 Å². The number of unbranched alkanes of at least 4 members (excludes halogenated alkanes) is 35. The van der Waals surface area contributed by atoms with Gasteiger partial charge < -0.3 is 14.2 Å². The Hall–Kier alpha value is -3.15. The van der Waals surface area contributed by atoms with Crippen molar-refractivity contribution in [3.05, 3.63) is 72.9 Å². The van der Waals surface area contributed by atoms with Crippen LogP contribution in [0.15, 0.2) is 72.9 Å². The molecule has 0 rings (SSSR count). The summed E-state index contributed by atoms with van der Waals surface area (Å²) in [6, 6.07) is 0. The number of carbonyl (C=O) groups is 3. The summed E-state index contributed by atoms with van der Waals surface area (Å²) in [7, 11) is 0. The first-order chi connectivity index (χ1) is 36.5. The Morgan fingerprint density at radius 1 is 0.270 bits per heavy atom. The zero-order valence-corrected chi connectivity index (χ0v) is 49.1. The molecule has 74 heavy (non-hydrogen) atoms. The predicted molar refractivity (Wildman–Crippen MR) is 321 cm³/mol. The summed E-state index contributed by atoms with van der Waals surface area (Å²) in [5.41, 5.74) is 0.